The number of morpholine rings is 1. The van der Waals surface area contributed by atoms with Crippen molar-refractivity contribution in [2.75, 3.05) is 13.2 Å². The number of fused-ring (bicyclic) bond motifs is 1. The Morgan fingerprint density at radius 2 is 2.05 bits per heavy atom. The first-order chi connectivity index (χ1) is 9.12. The van der Waals surface area contributed by atoms with E-state index in [1.807, 2.05) is 0 Å². The van der Waals surface area contributed by atoms with Crippen molar-refractivity contribution in [2.45, 2.75) is 56.2 Å². The third kappa shape index (κ3) is 2.08. The van der Waals surface area contributed by atoms with Gasteiger partial charge in [0, 0.05) is 6.54 Å². The van der Waals surface area contributed by atoms with Crippen LogP contribution >= 0.6 is 0 Å². The minimum absolute atomic E-state index is 0.125. The average molecular weight is 268 g/mol. The van der Waals surface area contributed by atoms with Crippen LogP contribution in [0.4, 0.5) is 4.79 Å². The summed E-state index contributed by atoms with van der Waals surface area (Å²) >= 11 is 0. The number of hydrogen-bond donors (Lipinski definition) is 2. The molecule has 2 amide bonds. The van der Waals surface area contributed by atoms with Crippen molar-refractivity contribution in [3.63, 3.8) is 0 Å². The highest BCUT2D eigenvalue weighted by Gasteiger charge is 2.48. The monoisotopic (exact) mass is 268 g/mol. The van der Waals surface area contributed by atoms with E-state index >= 15 is 0 Å². The second-order valence-electron chi connectivity index (χ2n) is 5.77. The van der Waals surface area contributed by atoms with Crippen molar-refractivity contribution in [3.05, 3.63) is 0 Å². The third-order valence-corrected chi connectivity index (χ3v) is 4.71. The summed E-state index contributed by atoms with van der Waals surface area (Å²) in [5, 5.41) is 12.0. The Balaban J connectivity index is 1.68. The van der Waals surface area contributed by atoms with Crippen molar-refractivity contribution in [1.82, 2.24) is 10.2 Å². The van der Waals surface area contributed by atoms with Crippen molar-refractivity contribution in [1.29, 1.82) is 0 Å². The number of nitrogens with one attached hydrogen (secondary N) is 1. The Hall–Kier alpha value is -1.30. The first-order valence-corrected chi connectivity index (χ1v) is 7.06. The standard InChI is InChI=1S/C13H20N2O4/c16-11(17)13(5-2-6-13)14-12(18)15-7-8-19-10-4-1-3-9(10)15/h9-10H,1-8H2,(H,14,18)(H,16,17). The van der Waals surface area contributed by atoms with Crippen LogP contribution in [0, 0.1) is 0 Å². The maximum atomic E-state index is 12.3. The van der Waals surface area contributed by atoms with E-state index in [-0.39, 0.29) is 18.2 Å². The molecule has 0 spiro atoms. The predicted octanol–water partition coefficient (Wildman–Crippen LogP) is 0.957. The number of carboxylic acid groups (broad SMARTS) is 1. The molecule has 2 unspecified atom stereocenters. The van der Waals surface area contributed by atoms with Crippen LogP contribution in [0.5, 0.6) is 0 Å². The molecular weight excluding hydrogens is 248 g/mol. The van der Waals surface area contributed by atoms with Gasteiger partial charge in [0.2, 0.25) is 0 Å². The fourth-order valence-electron chi connectivity index (χ4n) is 3.38. The topological polar surface area (TPSA) is 78.9 Å². The summed E-state index contributed by atoms with van der Waals surface area (Å²) in [4.78, 5) is 25.4. The number of hydrogen-bond acceptors (Lipinski definition) is 3. The third-order valence-electron chi connectivity index (χ3n) is 4.71. The van der Waals surface area contributed by atoms with Gasteiger partial charge in [0.1, 0.15) is 5.54 Å². The molecule has 0 aromatic carbocycles. The Kier molecular flexibility index (Phi) is 3.12. The molecule has 2 saturated carbocycles. The lowest BCUT2D eigenvalue weighted by Gasteiger charge is -2.43. The number of urea groups is 1. The molecule has 2 N–H and O–H groups in total. The normalized spacial score (nSPS) is 32.3. The number of carbonyl (C=O) groups excluding carboxylic acids is 1. The van der Waals surface area contributed by atoms with Crippen molar-refractivity contribution < 1.29 is 19.4 Å². The summed E-state index contributed by atoms with van der Waals surface area (Å²) in [6, 6.07) is -0.109. The first-order valence-electron chi connectivity index (χ1n) is 7.06. The SMILES string of the molecule is O=C(NC1(C(=O)O)CCC1)N1CCOC2CCCC21. The van der Waals surface area contributed by atoms with Gasteiger partial charge in [-0.25, -0.2) is 9.59 Å². The number of carboxylic acids is 1. The molecule has 1 heterocycles. The van der Waals surface area contributed by atoms with E-state index in [4.69, 9.17) is 4.74 Å². The zero-order valence-electron chi connectivity index (χ0n) is 10.9. The second kappa shape index (κ2) is 4.67. The van der Waals surface area contributed by atoms with Crippen LogP contribution in [0.3, 0.4) is 0 Å². The van der Waals surface area contributed by atoms with Crippen LogP contribution in [0.25, 0.3) is 0 Å². The zero-order valence-corrected chi connectivity index (χ0v) is 10.9. The van der Waals surface area contributed by atoms with E-state index in [1.165, 1.54) is 0 Å². The highest BCUT2D eigenvalue weighted by Crippen LogP contribution is 2.34. The van der Waals surface area contributed by atoms with Crippen LogP contribution in [-0.2, 0) is 9.53 Å². The second-order valence-corrected chi connectivity index (χ2v) is 5.77. The van der Waals surface area contributed by atoms with Gasteiger partial charge in [-0.15, -0.1) is 0 Å². The number of rotatable bonds is 2. The smallest absolute Gasteiger partial charge is 0.329 e. The van der Waals surface area contributed by atoms with Crippen molar-refractivity contribution in [2.24, 2.45) is 0 Å². The number of nitrogens with zero attached hydrogens (tertiary/aromatic N) is 1. The number of carbonyl (C=O) groups is 2. The lowest BCUT2D eigenvalue weighted by atomic mass is 9.77. The van der Waals surface area contributed by atoms with E-state index in [0.29, 0.717) is 26.0 Å². The number of aliphatic carboxylic acids is 1. The molecule has 2 aliphatic carbocycles. The van der Waals surface area contributed by atoms with Gasteiger partial charge in [0.15, 0.2) is 0 Å². The quantitative estimate of drug-likeness (QED) is 0.781. The highest BCUT2D eigenvalue weighted by atomic mass is 16.5. The Labute approximate surface area is 112 Å². The van der Waals surface area contributed by atoms with Crippen LogP contribution in [-0.4, -0.2) is 52.8 Å². The Morgan fingerprint density at radius 1 is 1.26 bits per heavy atom. The molecule has 3 fully saturated rings. The van der Waals surface area contributed by atoms with Crippen LogP contribution in [0.1, 0.15) is 38.5 Å². The van der Waals surface area contributed by atoms with E-state index in [9.17, 15) is 14.7 Å². The summed E-state index contributed by atoms with van der Waals surface area (Å²) in [6.45, 7) is 1.11. The molecule has 2 atom stereocenters. The van der Waals surface area contributed by atoms with E-state index in [1.54, 1.807) is 4.90 Å². The molecule has 1 saturated heterocycles. The zero-order chi connectivity index (χ0) is 13.5. The molecular formula is C13H20N2O4. The highest BCUT2D eigenvalue weighted by molar-refractivity contribution is 5.87. The van der Waals surface area contributed by atoms with Gasteiger partial charge in [-0.05, 0) is 38.5 Å². The average Bonchev–Trinajstić information content (AvgIpc) is 2.80. The minimum Gasteiger partial charge on any atom is -0.480 e. The van der Waals surface area contributed by atoms with Crippen molar-refractivity contribution in [3.8, 4) is 0 Å². The predicted molar refractivity (Wildman–Crippen MR) is 66.8 cm³/mol. The van der Waals surface area contributed by atoms with Gasteiger partial charge in [-0.1, -0.05) is 0 Å². The van der Waals surface area contributed by atoms with Gasteiger partial charge in [0.05, 0.1) is 18.8 Å². The summed E-state index contributed by atoms with van der Waals surface area (Å²) < 4.78 is 5.66. The molecule has 0 radical (unpaired) electrons. The van der Waals surface area contributed by atoms with Gasteiger partial charge in [-0.3, -0.25) is 0 Å². The van der Waals surface area contributed by atoms with Crippen LogP contribution < -0.4 is 5.32 Å². The van der Waals surface area contributed by atoms with Crippen LogP contribution in [0.15, 0.2) is 0 Å². The van der Waals surface area contributed by atoms with E-state index < -0.39 is 11.5 Å². The van der Waals surface area contributed by atoms with Gasteiger partial charge >= 0.3 is 12.0 Å². The lowest BCUT2D eigenvalue weighted by Crippen LogP contribution is -2.64. The maximum absolute atomic E-state index is 12.3. The molecule has 3 rings (SSSR count). The molecule has 0 bridgehead atoms. The number of amides is 2. The Bertz CT molecular complexity index is 394. The molecule has 6 heteroatoms. The molecule has 106 valence electrons. The summed E-state index contributed by atoms with van der Waals surface area (Å²) in [7, 11) is 0. The maximum Gasteiger partial charge on any atom is 0.329 e. The molecule has 3 aliphatic rings. The summed E-state index contributed by atoms with van der Waals surface area (Å²) in [6.07, 6.45) is 5.10. The van der Waals surface area contributed by atoms with E-state index in [0.717, 1.165) is 25.7 Å². The van der Waals surface area contributed by atoms with Crippen LogP contribution in [0.2, 0.25) is 0 Å². The van der Waals surface area contributed by atoms with Gasteiger partial charge in [-0.2, -0.15) is 0 Å². The largest absolute Gasteiger partial charge is 0.480 e. The fourth-order valence-corrected chi connectivity index (χ4v) is 3.38. The first kappa shape index (κ1) is 12.7. The molecule has 1 aliphatic heterocycles. The van der Waals surface area contributed by atoms with Gasteiger partial charge in [0.25, 0.3) is 0 Å². The van der Waals surface area contributed by atoms with Gasteiger partial charge < -0.3 is 20.1 Å². The summed E-state index contributed by atoms with van der Waals surface area (Å²) in [5.41, 5.74) is -1.02. The van der Waals surface area contributed by atoms with E-state index in [2.05, 4.69) is 5.32 Å². The fraction of sp³-hybridized carbons (Fsp3) is 0.846. The minimum atomic E-state index is -1.02. The molecule has 0 aromatic heterocycles. The summed E-state index contributed by atoms with van der Waals surface area (Å²) in [5.74, 6) is -0.914. The molecule has 0 aromatic rings. The molecule has 19 heavy (non-hydrogen) atoms. The molecule has 6 nitrogen and oxygen atoms in total. The lowest BCUT2D eigenvalue weighted by molar-refractivity contribution is -0.148. The van der Waals surface area contributed by atoms with Crippen molar-refractivity contribution >= 4 is 12.0 Å². The Morgan fingerprint density at radius 3 is 2.68 bits per heavy atom. The number of ether oxygens (including phenoxy) is 1.